The van der Waals surface area contributed by atoms with Crippen molar-refractivity contribution in [3.8, 4) is 6.07 Å². The Hall–Kier alpha value is -1.09. The van der Waals surface area contributed by atoms with Crippen LogP contribution in [0.25, 0.3) is 0 Å². The number of ether oxygens (including phenoxy) is 1. The van der Waals surface area contributed by atoms with Crippen LogP contribution in [0.4, 0.5) is 0 Å². The third kappa shape index (κ3) is 2.60. The monoisotopic (exact) mass is 259 g/mol. The first-order valence-corrected chi connectivity index (χ1v) is 7.43. The first-order valence-electron chi connectivity index (χ1n) is 5.72. The summed E-state index contributed by atoms with van der Waals surface area (Å²) in [5.41, 5.74) is -1.26. The highest BCUT2D eigenvalue weighted by Crippen LogP contribution is 2.41. The summed E-state index contributed by atoms with van der Waals surface area (Å²) >= 11 is 0. The first-order chi connectivity index (χ1) is 7.91. The van der Waals surface area contributed by atoms with E-state index in [0.29, 0.717) is 6.42 Å². The molecule has 6 heteroatoms. The largest absolute Gasteiger partial charge is 0.465 e. The van der Waals surface area contributed by atoms with Crippen LogP contribution < -0.4 is 0 Å². The van der Waals surface area contributed by atoms with Gasteiger partial charge in [0.25, 0.3) is 0 Å². The number of hydrogen-bond acceptors (Lipinski definition) is 5. The van der Waals surface area contributed by atoms with E-state index in [0.717, 1.165) is 0 Å². The van der Waals surface area contributed by atoms with E-state index >= 15 is 0 Å². The molecule has 0 radical (unpaired) electrons. The second-order valence-electron chi connectivity index (χ2n) is 4.23. The lowest BCUT2D eigenvalue weighted by atomic mass is 9.88. The molecule has 1 fully saturated rings. The molecule has 0 aromatic carbocycles. The molecule has 2 atom stereocenters. The lowest BCUT2D eigenvalue weighted by molar-refractivity contribution is -0.151. The van der Waals surface area contributed by atoms with Gasteiger partial charge in [-0.3, -0.25) is 4.79 Å². The standard InChI is InChI=1S/C11H17NO4S/c1-3-16-10(13)11(8-12)6-5-9(7-11)17(14,15)4-2/h9H,3-7H2,1-2H3. The zero-order chi connectivity index (χ0) is 13.1. The van der Waals surface area contributed by atoms with Crippen LogP contribution in [0.1, 0.15) is 33.1 Å². The van der Waals surface area contributed by atoms with Crippen LogP contribution in [0.2, 0.25) is 0 Å². The second kappa shape index (κ2) is 5.05. The number of esters is 1. The Labute approximate surface area is 102 Å². The summed E-state index contributed by atoms with van der Waals surface area (Å²) < 4.78 is 28.3. The Morgan fingerprint density at radius 2 is 2.18 bits per heavy atom. The summed E-state index contributed by atoms with van der Waals surface area (Å²) in [5, 5.41) is 8.54. The first kappa shape index (κ1) is 14.0. The normalized spacial score (nSPS) is 28.6. The minimum absolute atomic E-state index is 0.0437. The van der Waals surface area contributed by atoms with Gasteiger partial charge < -0.3 is 4.74 Å². The van der Waals surface area contributed by atoms with Crippen LogP contribution >= 0.6 is 0 Å². The minimum Gasteiger partial charge on any atom is -0.465 e. The van der Waals surface area contributed by atoms with Crippen molar-refractivity contribution in [3.63, 3.8) is 0 Å². The molecule has 0 saturated heterocycles. The van der Waals surface area contributed by atoms with Crippen LogP contribution in [0, 0.1) is 16.7 Å². The smallest absolute Gasteiger partial charge is 0.326 e. The number of sulfone groups is 1. The van der Waals surface area contributed by atoms with Gasteiger partial charge in [0.05, 0.1) is 17.9 Å². The molecule has 5 nitrogen and oxygen atoms in total. The highest BCUT2D eigenvalue weighted by Gasteiger charge is 2.50. The number of nitriles is 1. The van der Waals surface area contributed by atoms with Crippen LogP contribution in [-0.2, 0) is 19.4 Å². The van der Waals surface area contributed by atoms with E-state index in [2.05, 4.69) is 0 Å². The highest BCUT2D eigenvalue weighted by molar-refractivity contribution is 7.92. The van der Waals surface area contributed by atoms with Gasteiger partial charge in [-0.05, 0) is 26.2 Å². The molecule has 0 aromatic rings. The minimum atomic E-state index is -3.19. The lowest BCUT2D eigenvalue weighted by Gasteiger charge is -2.18. The summed E-state index contributed by atoms with van der Waals surface area (Å²) in [6, 6.07) is 1.95. The van der Waals surface area contributed by atoms with E-state index in [1.165, 1.54) is 0 Å². The second-order valence-corrected chi connectivity index (χ2v) is 6.80. The van der Waals surface area contributed by atoms with Gasteiger partial charge in [0.15, 0.2) is 15.3 Å². The molecule has 2 unspecified atom stereocenters. The van der Waals surface area contributed by atoms with Gasteiger partial charge >= 0.3 is 5.97 Å². The topological polar surface area (TPSA) is 84.2 Å². The van der Waals surface area contributed by atoms with Gasteiger partial charge in [-0.25, -0.2) is 8.42 Å². The molecule has 0 aromatic heterocycles. The molecule has 17 heavy (non-hydrogen) atoms. The van der Waals surface area contributed by atoms with Crippen LogP contribution in [0.5, 0.6) is 0 Å². The summed E-state index contributed by atoms with van der Waals surface area (Å²) in [6.45, 7) is 3.44. The number of hydrogen-bond donors (Lipinski definition) is 0. The fraction of sp³-hybridized carbons (Fsp3) is 0.818. The van der Waals surface area contributed by atoms with Crippen molar-refractivity contribution in [2.24, 2.45) is 5.41 Å². The van der Waals surface area contributed by atoms with Gasteiger partial charge in [0.2, 0.25) is 0 Å². The Bertz CT molecular complexity index is 437. The van der Waals surface area contributed by atoms with Gasteiger partial charge in [0, 0.05) is 5.75 Å². The average Bonchev–Trinajstić information content (AvgIpc) is 2.75. The van der Waals surface area contributed by atoms with Crippen LogP contribution in [-0.4, -0.2) is 32.0 Å². The average molecular weight is 259 g/mol. The number of carbonyl (C=O) groups excluding carboxylic acids is 1. The van der Waals surface area contributed by atoms with E-state index in [1.807, 2.05) is 6.07 Å². The van der Waals surface area contributed by atoms with Crippen LogP contribution in [0.15, 0.2) is 0 Å². The molecule has 1 aliphatic rings. The van der Waals surface area contributed by atoms with E-state index in [9.17, 15) is 13.2 Å². The maximum Gasteiger partial charge on any atom is 0.326 e. The van der Waals surface area contributed by atoms with E-state index in [1.54, 1.807) is 13.8 Å². The van der Waals surface area contributed by atoms with Crippen molar-refractivity contribution in [1.82, 2.24) is 0 Å². The number of nitrogens with zero attached hydrogens (tertiary/aromatic N) is 1. The van der Waals surface area contributed by atoms with Crippen molar-refractivity contribution in [3.05, 3.63) is 0 Å². The van der Waals surface area contributed by atoms with Gasteiger partial charge in [-0.2, -0.15) is 5.26 Å². The molecule has 0 amide bonds. The summed E-state index contributed by atoms with van der Waals surface area (Å²) in [5.74, 6) is -0.543. The SMILES string of the molecule is CCOC(=O)C1(C#N)CCC(S(=O)(=O)CC)C1. The zero-order valence-corrected chi connectivity index (χ0v) is 10.9. The molecule has 1 rings (SSSR count). The zero-order valence-electron chi connectivity index (χ0n) is 10.1. The van der Waals surface area contributed by atoms with E-state index in [4.69, 9.17) is 10.00 Å². The van der Waals surface area contributed by atoms with Gasteiger partial charge in [0.1, 0.15) is 0 Å². The molecule has 0 spiro atoms. The lowest BCUT2D eigenvalue weighted by Crippen LogP contribution is -2.31. The maximum atomic E-state index is 11.7. The van der Waals surface area contributed by atoms with E-state index < -0.39 is 26.5 Å². The fourth-order valence-corrected chi connectivity index (χ4v) is 3.63. The molecular formula is C11H17NO4S. The highest BCUT2D eigenvalue weighted by atomic mass is 32.2. The predicted octanol–water partition coefficient (Wildman–Crippen LogP) is 1.05. The summed E-state index contributed by atoms with van der Waals surface area (Å²) in [6.07, 6.45) is 0.702. The van der Waals surface area contributed by atoms with Crippen molar-refractivity contribution in [2.75, 3.05) is 12.4 Å². The Morgan fingerprint density at radius 3 is 2.65 bits per heavy atom. The molecule has 1 aliphatic carbocycles. The van der Waals surface area contributed by atoms with Crippen molar-refractivity contribution in [1.29, 1.82) is 5.26 Å². The van der Waals surface area contributed by atoms with Gasteiger partial charge in [-0.1, -0.05) is 6.92 Å². The maximum absolute atomic E-state index is 11.7. The molecule has 0 heterocycles. The summed E-state index contributed by atoms with van der Waals surface area (Å²) in [4.78, 5) is 11.7. The fourth-order valence-electron chi connectivity index (χ4n) is 2.14. The van der Waals surface area contributed by atoms with Crippen molar-refractivity contribution < 1.29 is 17.9 Å². The molecule has 0 bridgehead atoms. The van der Waals surface area contributed by atoms with E-state index in [-0.39, 0.29) is 25.2 Å². The molecule has 1 saturated carbocycles. The van der Waals surface area contributed by atoms with Gasteiger partial charge in [-0.15, -0.1) is 0 Å². The quantitative estimate of drug-likeness (QED) is 0.704. The summed E-state index contributed by atoms with van der Waals surface area (Å²) in [7, 11) is -3.19. The molecular weight excluding hydrogens is 242 g/mol. The Kier molecular flexibility index (Phi) is 4.15. The predicted molar refractivity (Wildman–Crippen MR) is 61.8 cm³/mol. The van der Waals surface area contributed by atoms with Crippen molar-refractivity contribution in [2.45, 2.75) is 38.4 Å². The Balaban J connectivity index is 2.89. The molecule has 0 aliphatic heterocycles. The van der Waals surface area contributed by atoms with Crippen LogP contribution in [0.3, 0.4) is 0 Å². The molecule has 96 valence electrons. The third-order valence-electron chi connectivity index (χ3n) is 3.26. The third-order valence-corrected chi connectivity index (χ3v) is 5.48. The number of rotatable bonds is 4. The molecule has 0 N–H and O–H groups in total. The Morgan fingerprint density at radius 1 is 1.53 bits per heavy atom. The van der Waals surface area contributed by atoms with Crippen molar-refractivity contribution >= 4 is 15.8 Å². The number of carbonyl (C=O) groups is 1.